The number of nitrogens with zero attached hydrogens (tertiary/aromatic N) is 2. The number of benzene rings is 1. The minimum Gasteiger partial charge on any atom is -0.497 e. The first kappa shape index (κ1) is 12.8. The van der Waals surface area contributed by atoms with Gasteiger partial charge < -0.3 is 21.1 Å². The van der Waals surface area contributed by atoms with E-state index in [1.807, 2.05) is 24.3 Å². The van der Waals surface area contributed by atoms with Gasteiger partial charge in [-0.2, -0.15) is 4.99 Å². The highest BCUT2D eigenvalue weighted by Gasteiger charge is 2.36. The summed E-state index contributed by atoms with van der Waals surface area (Å²) in [6.07, 6.45) is 4.31. The Morgan fingerprint density at radius 3 is 2.90 bits per heavy atom. The van der Waals surface area contributed by atoms with Gasteiger partial charge >= 0.3 is 0 Å². The van der Waals surface area contributed by atoms with Crippen LogP contribution in [0.2, 0.25) is 0 Å². The monoisotopic (exact) mass is 273 g/mol. The second-order valence-corrected chi connectivity index (χ2v) is 5.15. The summed E-state index contributed by atoms with van der Waals surface area (Å²) in [6.45, 7) is 0. The Morgan fingerprint density at radius 2 is 2.15 bits per heavy atom. The zero-order valence-electron chi connectivity index (χ0n) is 11.5. The van der Waals surface area contributed by atoms with Crippen molar-refractivity contribution in [3.05, 3.63) is 24.3 Å². The number of methoxy groups -OCH3 is 1. The summed E-state index contributed by atoms with van der Waals surface area (Å²) in [5.41, 5.74) is 6.48. The molecule has 0 aromatic heterocycles. The topological polar surface area (TPSA) is 84.0 Å². The first-order valence-electron chi connectivity index (χ1n) is 6.82. The Balaban J connectivity index is 1.78. The minimum absolute atomic E-state index is 0.271. The maximum Gasteiger partial charge on any atom is 0.220 e. The summed E-state index contributed by atoms with van der Waals surface area (Å²) in [7, 11) is 1.65. The van der Waals surface area contributed by atoms with Crippen molar-refractivity contribution in [3.8, 4) is 5.75 Å². The van der Waals surface area contributed by atoms with Crippen LogP contribution in [-0.4, -0.2) is 24.7 Å². The van der Waals surface area contributed by atoms with Crippen LogP contribution in [0.5, 0.6) is 5.75 Å². The summed E-state index contributed by atoms with van der Waals surface area (Å²) < 4.78 is 5.21. The zero-order valence-corrected chi connectivity index (χ0v) is 11.5. The average molecular weight is 273 g/mol. The molecule has 0 saturated heterocycles. The molecule has 4 N–H and O–H groups in total. The molecular weight excluding hydrogens is 254 g/mol. The Morgan fingerprint density at radius 1 is 1.35 bits per heavy atom. The van der Waals surface area contributed by atoms with Crippen molar-refractivity contribution in [2.45, 2.75) is 31.3 Å². The van der Waals surface area contributed by atoms with Crippen LogP contribution in [0.3, 0.4) is 0 Å². The third kappa shape index (κ3) is 2.54. The molecule has 1 heterocycles. The van der Waals surface area contributed by atoms with Crippen LogP contribution in [0, 0.1) is 0 Å². The third-order valence-electron chi connectivity index (χ3n) is 3.67. The molecule has 6 nitrogen and oxygen atoms in total. The van der Waals surface area contributed by atoms with Gasteiger partial charge in [0.1, 0.15) is 11.4 Å². The predicted molar refractivity (Wildman–Crippen MR) is 80.0 cm³/mol. The number of anilines is 1. The molecule has 1 aliphatic carbocycles. The first-order valence-corrected chi connectivity index (χ1v) is 6.82. The molecule has 0 radical (unpaired) electrons. The lowest BCUT2D eigenvalue weighted by Gasteiger charge is -2.31. The van der Waals surface area contributed by atoms with Crippen LogP contribution in [0.1, 0.15) is 25.7 Å². The molecule has 2 aliphatic rings. The van der Waals surface area contributed by atoms with Gasteiger partial charge in [-0.25, -0.2) is 4.99 Å². The molecule has 1 aromatic carbocycles. The summed E-state index contributed by atoms with van der Waals surface area (Å²) in [5, 5.41) is 6.61. The molecule has 20 heavy (non-hydrogen) atoms. The Labute approximate surface area is 118 Å². The molecule has 3 rings (SSSR count). The summed E-state index contributed by atoms with van der Waals surface area (Å²) >= 11 is 0. The van der Waals surface area contributed by atoms with Gasteiger partial charge in [0.05, 0.1) is 7.11 Å². The lowest BCUT2D eigenvalue weighted by molar-refractivity contribution is 0.404. The van der Waals surface area contributed by atoms with E-state index >= 15 is 0 Å². The van der Waals surface area contributed by atoms with Gasteiger partial charge in [-0.3, -0.25) is 0 Å². The van der Waals surface area contributed by atoms with E-state index in [1.54, 1.807) is 7.11 Å². The first-order chi connectivity index (χ1) is 9.69. The normalized spacial score (nSPS) is 20.1. The SMILES string of the molecule is COc1cccc(NC2=NC(N)=NC3(CCCC3)N2)c1. The molecule has 1 aromatic rings. The van der Waals surface area contributed by atoms with Gasteiger partial charge in [0.2, 0.25) is 11.9 Å². The van der Waals surface area contributed by atoms with Gasteiger partial charge in [-0.15, -0.1) is 0 Å². The number of guanidine groups is 2. The van der Waals surface area contributed by atoms with Crippen molar-refractivity contribution in [2.24, 2.45) is 15.7 Å². The lowest BCUT2D eigenvalue weighted by Crippen LogP contribution is -2.51. The van der Waals surface area contributed by atoms with E-state index in [1.165, 1.54) is 0 Å². The summed E-state index contributed by atoms with van der Waals surface area (Å²) in [4.78, 5) is 8.70. The average Bonchev–Trinajstić information content (AvgIpc) is 2.85. The summed E-state index contributed by atoms with van der Waals surface area (Å²) in [6, 6.07) is 7.69. The molecular formula is C14H19N5O. The highest BCUT2D eigenvalue weighted by Crippen LogP contribution is 2.32. The van der Waals surface area contributed by atoms with Crippen molar-refractivity contribution in [2.75, 3.05) is 12.4 Å². The van der Waals surface area contributed by atoms with Crippen molar-refractivity contribution >= 4 is 17.6 Å². The van der Waals surface area contributed by atoms with Gasteiger partial charge in [-0.1, -0.05) is 6.07 Å². The predicted octanol–water partition coefficient (Wildman–Crippen LogP) is 1.65. The number of hydrogen-bond donors (Lipinski definition) is 3. The van der Waals surface area contributed by atoms with E-state index in [2.05, 4.69) is 20.6 Å². The number of rotatable bonds is 2. The molecule has 0 amide bonds. The lowest BCUT2D eigenvalue weighted by atomic mass is 10.1. The van der Waals surface area contributed by atoms with Crippen molar-refractivity contribution in [1.29, 1.82) is 0 Å². The quantitative estimate of drug-likeness (QED) is 0.765. The number of aliphatic imine (C=N–C) groups is 2. The highest BCUT2D eigenvalue weighted by atomic mass is 16.5. The largest absolute Gasteiger partial charge is 0.497 e. The number of nitrogens with one attached hydrogen (secondary N) is 2. The molecule has 1 spiro atoms. The Kier molecular flexibility index (Phi) is 3.22. The maximum atomic E-state index is 5.85. The van der Waals surface area contributed by atoms with E-state index in [0.29, 0.717) is 11.9 Å². The fourth-order valence-electron chi connectivity index (χ4n) is 2.73. The van der Waals surface area contributed by atoms with Crippen LogP contribution in [0.15, 0.2) is 34.3 Å². The number of hydrogen-bond acceptors (Lipinski definition) is 6. The van der Waals surface area contributed by atoms with Crippen molar-refractivity contribution in [3.63, 3.8) is 0 Å². The molecule has 1 aliphatic heterocycles. The van der Waals surface area contributed by atoms with Gasteiger partial charge in [0, 0.05) is 11.8 Å². The molecule has 106 valence electrons. The Hall–Kier alpha value is -2.24. The smallest absolute Gasteiger partial charge is 0.220 e. The fraction of sp³-hybridized carbons (Fsp3) is 0.429. The van der Waals surface area contributed by atoms with E-state index in [-0.39, 0.29) is 5.66 Å². The van der Waals surface area contributed by atoms with Crippen molar-refractivity contribution in [1.82, 2.24) is 5.32 Å². The standard InChI is InChI=1S/C14H19N5O/c1-20-11-6-4-5-10(9-11)16-13-17-12(15)18-14(19-13)7-2-3-8-14/h4-6,9H,2-3,7-8H2,1H3,(H4,15,16,17,18,19). The highest BCUT2D eigenvalue weighted by molar-refractivity contribution is 6.03. The van der Waals surface area contributed by atoms with Crippen LogP contribution < -0.4 is 21.1 Å². The van der Waals surface area contributed by atoms with E-state index in [4.69, 9.17) is 10.5 Å². The maximum absolute atomic E-state index is 5.85. The number of nitrogens with two attached hydrogens (primary N) is 1. The summed E-state index contributed by atoms with van der Waals surface area (Å²) in [5.74, 6) is 1.77. The van der Waals surface area contributed by atoms with Gasteiger partial charge in [0.25, 0.3) is 0 Å². The molecule has 0 unspecified atom stereocenters. The Bertz CT molecular complexity index is 560. The third-order valence-corrected chi connectivity index (χ3v) is 3.67. The van der Waals surface area contributed by atoms with Gasteiger partial charge in [-0.05, 0) is 37.8 Å². The second-order valence-electron chi connectivity index (χ2n) is 5.15. The van der Waals surface area contributed by atoms with Crippen LogP contribution in [-0.2, 0) is 0 Å². The van der Waals surface area contributed by atoms with Crippen molar-refractivity contribution < 1.29 is 4.74 Å². The van der Waals surface area contributed by atoms with E-state index < -0.39 is 0 Å². The number of ether oxygens (including phenoxy) is 1. The van der Waals surface area contributed by atoms with Crippen LogP contribution in [0.4, 0.5) is 5.69 Å². The van der Waals surface area contributed by atoms with E-state index in [9.17, 15) is 0 Å². The zero-order chi connectivity index (χ0) is 14.0. The van der Waals surface area contributed by atoms with E-state index in [0.717, 1.165) is 37.1 Å². The van der Waals surface area contributed by atoms with Gasteiger partial charge in [0.15, 0.2) is 0 Å². The molecule has 1 fully saturated rings. The fourth-order valence-corrected chi connectivity index (χ4v) is 2.73. The second kappa shape index (κ2) is 5.03. The molecule has 1 saturated carbocycles. The molecule has 0 bridgehead atoms. The molecule has 0 atom stereocenters. The minimum atomic E-state index is -0.271. The molecule has 6 heteroatoms. The van der Waals surface area contributed by atoms with Crippen LogP contribution in [0.25, 0.3) is 0 Å². The van der Waals surface area contributed by atoms with Crippen LogP contribution >= 0.6 is 0 Å².